The number of nitrogens with zero attached hydrogens (tertiary/aromatic N) is 1. The molecule has 0 saturated heterocycles. The zero-order valence-electron chi connectivity index (χ0n) is 20.8. The van der Waals surface area contributed by atoms with Crippen LogP contribution in [-0.4, -0.2) is 23.9 Å². The quantitative estimate of drug-likeness (QED) is 0.197. The van der Waals surface area contributed by atoms with Gasteiger partial charge in [-0.15, -0.1) is 23.1 Å². The molecular weight excluding hydrogens is 502 g/mol. The molecule has 0 fully saturated rings. The normalized spacial score (nSPS) is 11.5. The molecule has 0 aliphatic rings. The van der Waals surface area contributed by atoms with E-state index in [0.29, 0.717) is 11.6 Å². The van der Waals surface area contributed by atoms with Gasteiger partial charge in [0.2, 0.25) is 11.8 Å². The SMILES string of the molecule is CCCCC(=O)Nc1ccc(SC(C(=O)Nc2nc(-c3ccc(OC)cc3)cs2)c2ccccc2)cc1. The van der Waals surface area contributed by atoms with E-state index in [1.54, 1.807) is 7.11 Å². The summed E-state index contributed by atoms with van der Waals surface area (Å²) in [5.74, 6) is 0.646. The van der Waals surface area contributed by atoms with Crippen LogP contribution in [0.3, 0.4) is 0 Å². The molecule has 1 atom stereocenters. The van der Waals surface area contributed by atoms with Gasteiger partial charge < -0.3 is 15.4 Å². The number of aromatic nitrogens is 1. The minimum atomic E-state index is -0.473. The van der Waals surface area contributed by atoms with Crippen molar-refractivity contribution < 1.29 is 14.3 Å². The maximum atomic E-state index is 13.4. The lowest BCUT2D eigenvalue weighted by Gasteiger charge is -2.16. The number of nitrogens with one attached hydrogen (secondary N) is 2. The predicted octanol–water partition coefficient (Wildman–Crippen LogP) is 7.42. The molecule has 4 aromatic rings. The number of amides is 2. The van der Waals surface area contributed by atoms with Crippen molar-refractivity contribution in [2.75, 3.05) is 17.7 Å². The third-order valence-corrected chi connectivity index (χ3v) is 7.63. The van der Waals surface area contributed by atoms with Crippen LogP contribution in [0.2, 0.25) is 0 Å². The Labute approximate surface area is 225 Å². The molecule has 4 rings (SSSR count). The number of carbonyl (C=O) groups excluding carboxylic acids is 2. The van der Waals surface area contributed by atoms with E-state index in [1.807, 2.05) is 84.2 Å². The van der Waals surface area contributed by atoms with E-state index < -0.39 is 5.25 Å². The van der Waals surface area contributed by atoms with Crippen LogP contribution < -0.4 is 15.4 Å². The maximum Gasteiger partial charge on any atom is 0.244 e. The first-order valence-electron chi connectivity index (χ1n) is 12.1. The van der Waals surface area contributed by atoms with Crippen molar-refractivity contribution in [1.82, 2.24) is 4.98 Å². The van der Waals surface area contributed by atoms with Crippen molar-refractivity contribution in [2.24, 2.45) is 0 Å². The van der Waals surface area contributed by atoms with Crippen LogP contribution in [0.5, 0.6) is 5.75 Å². The summed E-state index contributed by atoms with van der Waals surface area (Å²) < 4.78 is 5.22. The number of rotatable bonds is 11. The second-order valence-electron chi connectivity index (χ2n) is 8.34. The van der Waals surface area contributed by atoms with Gasteiger partial charge in [-0.1, -0.05) is 43.7 Å². The number of thioether (sulfide) groups is 1. The van der Waals surface area contributed by atoms with Crippen LogP contribution in [-0.2, 0) is 9.59 Å². The second-order valence-corrected chi connectivity index (χ2v) is 10.4. The highest BCUT2D eigenvalue weighted by molar-refractivity contribution is 8.00. The van der Waals surface area contributed by atoms with Gasteiger partial charge >= 0.3 is 0 Å². The molecule has 0 saturated carbocycles. The zero-order valence-corrected chi connectivity index (χ0v) is 22.4. The Morgan fingerprint density at radius 3 is 2.38 bits per heavy atom. The van der Waals surface area contributed by atoms with Crippen molar-refractivity contribution in [3.63, 3.8) is 0 Å². The maximum absolute atomic E-state index is 13.4. The Morgan fingerprint density at radius 2 is 1.70 bits per heavy atom. The highest BCUT2D eigenvalue weighted by Gasteiger charge is 2.23. The minimum Gasteiger partial charge on any atom is -0.497 e. The highest BCUT2D eigenvalue weighted by atomic mass is 32.2. The van der Waals surface area contributed by atoms with Gasteiger partial charge in [0, 0.05) is 27.9 Å². The van der Waals surface area contributed by atoms with Gasteiger partial charge in [-0.2, -0.15) is 0 Å². The fourth-order valence-electron chi connectivity index (χ4n) is 3.61. The molecule has 0 spiro atoms. The molecule has 190 valence electrons. The smallest absolute Gasteiger partial charge is 0.244 e. The number of methoxy groups -OCH3 is 1. The van der Waals surface area contributed by atoms with Gasteiger partial charge in [0.25, 0.3) is 0 Å². The molecule has 0 radical (unpaired) electrons. The molecule has 0 aliphatic heterocycles. The van der Waals surface area contributed by atoms with Crippen molar-refractivity contribution in [2.45, 2.75) is 36.3 Å². The van der Waals surface area contributed by atoms with Crippen LogP contribution >= 0.6 is 23.1 Å². The predicted molar refractivity (Wildman–Crippen MR) is 152 cm³/mol. The Balaban J connectivity index is 1.46. The van der Waals surface area contributed by atoms with Gasteiger partial charge in [0.05, 0.1) is 12.8 Å². The summed E-state index contributed by atoms with van der Waals surface area (Å²) >= 11 is 2.85. The molecule has 2 amide bonds. The number of ether oxygens (including phenoxy) is 1. The van der Waals surface area contributed by atoms with Gasteiger partial charge in [0.1, 0.15) is 11.0 Å². The van der Waals surface area contributed by atoms with E-state index >= 15 is 0 Å². The van der Waals surface area contributed by atoms with E-state index in [2.05, 4.69) is 22.5 Å². The first-order valence-corrected chi connectivity index (χ1v) is 13.8. The Kier molecular flexibility index (Phi) is 9.35. The monoisotopic (exact) mass is 531 g/mol. The van der Waals surface area contributed by atoms with E-state index in [0.717, 1.165) is 46.0 Å². The molecule has 2 N–H and O–H groups in total. The summed E-state index contributed by atoms with van der Waals surface area (Å²) in [6, 6.07) is 24.9. The first kappa shape index (κ1) is 26.4. The molecular formula is C29H29N3O3S2. The number of benzene rings is 3. The summed E-state index contributed by atoms with van der Waals surface area (Å²) in [4.78, 5) is 31.0. The zero-order chi connectivity index (χ0) is 26.0. The average Bonchev–Trinajstić information content (AvgIpc) is 3.40. The van der Waals surface area contributed by atoms with Gasteiger partial charge in [-0.25, -0.2) is 4.98 Å². The average molecular weight is 532 g/mol. The summed E-state index contributed by atoms with van der Waals surface area (Å²) in [5, 5.41) is 7.92. The molecule has 6 nitrogen and oxygen atoms in total. The molecule has 1 heterocycles. The Hall–Kier alpha value is -3.62. The number of thiazole rings is 1. The molecule has 1 unspecified atom stereocenters. The number of anilines is 2. The molecule has 8 heteroatoms. The van der Waals surface area contributed by atoms with E-state index in [9.17, 15) is 9.59 Å². The fourth-order valence-corrected chi connectivity index (χ4v) is 5.36. The van der Waals surface area contributed by atoms with Crippen LogP contribution in [0.25, 0.3) is 11.3 Å². The first-order chi connectivity index (χ1) is 18.1. The van der Waals surface area contributed by atoms with Crippen LogP contribution in [0, 0.1) is 0 Å². The number of hydrogen-bond donors (Lipinski definition) is 2. The number of carbonyl (C=O) groups is 2. The molecule has 3 aromatic carbocycles. The highest BCUT2D eigenvalue weighted by Crippen LogP contribution is 2.37. The van der Waals surface area contributed by atoms with Crippen molar-refractivity contribution in [3.8, 4) is 17.0 Å². The topological polar surface area (TPSA) is 80.3 Å². The van der Waals surface area contributed by atoms with Crippen LogP contribution in [0.15, 0.2) is 89.1 Å². The van der Waals surface area contributed by atoms with Gasteiger partial charge in [-0.05, 0) is 60.5 Å². The molecule has 37 heavy (non-hydrogen) atoms. The lowest BCUT2D eigenvalue weighted by molar-refractivity contribution is -0.116. The standard InChI is InChI=1S/C29H29N3O3S2/c1-3-4-10-26(33)30-22-13-17-24(18-14-22)37-27(21-8-6-5-7-9-21)28(34)32-29-31-25(19-36-29)20-11-15-23(35-2)16-12-20/h5-9,11-19,27H,3-4,10H2,1-2H3,(H,30,33)(H,31,32,34). The van der Waals surface area contributed by atoms with Crippen molar-refractivity contribution in [3.05, 3.63) is 89.8 Å². The summed E-state index contributed by atoms with van der Waals surface area (Å²) in [6.07, 6.45) is 2.37. The molecule has 0 bridgehead atoms. The third-order valence-electron chi connectivity index (χ3n) is 5.61. The Morgan fingerprint density at radius 1 is 0.973 bits per heavy atom. The van der Waals surface area contributed by atoms with E-state index in [-0.39, 0.29) is 11.8 Å². The number of hydrogen-bond acceptors (Lipinski definition) is 6. The lowest BCUT2D eigenvalue weighted by Crippen LogP contribution is -2.19. The van der Waals surface area contributed by atoms with Gasteiger partial charge in [-0.3, -0.25) is 9.59 Å². The largest absolute Gasteiger partial charge is 0.497 e. The van der Waals surface area contributed by atoms with Crippen molar-refractivity contribution in [1.29, 1.82) is 0 Å². The summed E-state index contributed by atoms with van der Waals surface area (Å²) in [6.45, 7) is 2.06. The van der Waals surface area contributed by atoms with E-state index in [1.165, 1.54) is 23.1 Å². The Bertz CT molecular complexity index is 1310. The van der Waals surface area contributed by atoms with Crippen LogP contribution in [0.1, 0.15) is 37.0 Å². The third kappa shape index (κ3) is 7.44. The minimum absolute atomic E-state index is 0.0150. The fraction of sp³-hybridized carbons (Fsp3) is 0.207. The van der Waals surface area contributed by atoms with E-state index in [4.69, 9.17) is 4.74 Å². The second kappa shape index (κ2) is 13.1. The molecule has 1 aromatic heterocycles. The van der Waals surface area contributed by atoms with Crippen molar-refractivity contribution >= 4 is 45.7 Å². The summed E-state index contributed by atoms with van der Waals surface area (Å²) in [7, 11) is 1.63. The number of unbranched alkanes of at least 4 members (excludes halogenated alkanes) is 1. The van der Waals surface area contributed by atoms with Gasteiger partial charge in [0.15, 0.2) is 5.13 Å². The molecule has 0 aliphatic carbocycles. The lowest BCUT2D eigenvalue weighted by atomic mass is 10.1. The summed E-state index contributed by atoms with van der Waals surface area (Å²) in [5.41, 5.74) is 3.39. The van der Waals surface area contributed by atoms with Crippen LogP contribution in [0.4, 0.5) is 10.8 Å².